The van der Waals surface area contributed by atoms with E-state index in [9.17, 15) is 8.42 Å². The van der Waals surface area contributed by atoms with Gasteiger partial charge in [-0.2, -0.15) is 0 Å². The van der Waals surface area contributed by atoms with Crippen LogP contribution in [0.2, 0.25) is 0 Å². The second kappa shape index (κ2) is 8.70. The zero-order valence-electron chi connectivity index (χ0n) is 14.5. The minimum Gasteiger partial charge on any atom is -0.369 e. The van der Waals surface area contributed by atoms with E-state index in [1.54, 1.807) is 36.4 Å². The third-order valence-corrected chi connectivity index (χ3v) is 6.23. The zero-order valence-corrected chi connectivity index (χ0v) is 16.1. The van der Waals surface area contributed by atoms with Gasteiger partial charge in [0.1, 0.15) is 0 Å². The molecule has 1 heterocycles. The van der Waals surface area contributed by atoms with Gasteiger partial charge in [-0.3, -0.25) is 4.90 Å². The van der Waals surface area contributed by atoms with Crippen molar-refractivity contribution in [1.82, 2.24) is 4.90 Å². The topological polar surface area (TPSA) is 40.6 Å². The van der Waals surface area contributed by atoms with E-state index in [2.05, 4.69) is 16.7 Å². The lowest BCUT2D eigenvalue weighted by molar-refractivity contribution is 0.258. The molecule has 2 aromatic carbocycles. The first-order valence-corrected chi connectivity index (χ1v) is 9.97. The van der Waals surface area contributed by atoms with Crippen molar-refractivity contribution in [3.63, 3.8) is 0 Å². The van der Waals surface area contributed by atoms with Crippen LogP contribution in [-0.2, 0) is 9.84 Å². The Kier molecular flexibility index (Phi) is 6.87. The molecule has 0 radical (unpaired) electrons. The molecule has 4 nitrogen and oxygen atoms in total. The van der Waals surface area contributed by atoms with Gasteiger partial charge in [0, 0.05) is 31.9 Å². The van der Waals surface area contributed by atoms with Crippen molar-refractivity contribution in [3.8, 4) is 0 Å². The summed E-state index contributed by atoms with van der Waals surface area (Å²) in [6, 6.07) is 15.9. The minimum absolute atomic E-state index is 0. The number of halogens is 1. The fraction of sp³-hybridized carbons (Fsp3) is 0.368. The van der Waals surface area contributed by atoms with E-state index in [-0.39, 0.29) is 12.4 Å². The van der Waals surface area contributed by atoms with Crippen LogP contribution in [0, 0.1) is 0 Å². The predicted molar refractivity (Wildman–Crippen MR) is 105 cm³/mol. The van der Waals surface area contributed by atoms with Crippen LogP contribution in [0.5, 0.6) is 0 Å². The normalized spacial score (nSPS) is 15.6. The van der Waals surface area contributed by atoms with E-state index in [1.807, 2.05) is 18.2 Å². The molecular formula is C19H25ClN2O2S. The Morgan fingerprint density at radius 3 is 2.16 bits per heavy atom. The van der Waals surface area contributed by atoms with Gasteiger partial charge in [0.05, 0.1) is 9.79 Å². The Labute approximate surface area is 156 Å². The van der Waals surface area contributed by atoms with Crippen LogP contribution >= 0.6 is 12.4 Å². The molecule has 0 amide bonds. The maximum atomic E-state index is 12.8. The number of nitrogens with zero attached hydrogens (tertiary/aromatic N) is 2. The van der Waals surface area contributed by atoms with Crippen LogP contribution in [-0.4, -0.2) is 46.0 Å². The number of anilines is 1. The molecule has 136 valence electrons. The van der Waals surface area contributed by atoms with E-state index in [0.29, 0.717) is 9.79 Å². The molecule has 0 aliphatic carbocycles. The highest BCUT2D eigenvalue weighted by atomic mass is 35.5. The summed E-state index contributed by atoms with van der Waals surface area (Å²) in [5, 5.41) is 0. The molecule has 6 heteroatoms. The first-order chi connectivity index (χ1) is 11.6. The Morgan fingerprint density at radius 2 is 1.52 bits per heavy atom. The summed E-state index contributed by atoms with van der Waals surface area (Å²) >= 11 is 0. The van der Waals surface area contributed by atoms with Crippen LogP contribution in [0.4, 0.5) is 5.69 Å². The summed E-state index contributed by atoms with van der Waals surface area (Å²) in [6.07, 6.45) is 1.17. The third-order valence-electron chi connectivity index (χ3n) is 4.46. The highest BCUT2D eigenvalue weighted by Gasteiger charge is 2.20. The standard InChI is InChI=1S/C19H24N2O2S.ClH/c1-2-11-20-12-14-21(15-13-20)17-7-6-10-19(16-17)24(22,23)18-8-4-3-5-9-18;/h3-10,16H,2,11-15H2,1H3;1H. The van der Waals surface area contributed by atoms with Gasteiger partial charge in [0.25, 0.3) is 0 Å². The number of piperazine rings is 1. The molecule has 3 rings (SSSR count). The molecule has 2 aromatic rings. The lowest BCUT2D eigenvalue weighted by Gasteiger charge is -2.36. The van der Waals surface area contributed by atoms with Crippen LogP contribution < -0.4 is 4.90 Å². The van der Waals surface area contributed by atoms with Crippen molar-refractivity contribution in [2.45, 2.75) is 23.1 Å². The van der Waals surface area contributed by atoms with Crippen LogP contribution in [0.15, 0.2) is 64.4 Å². The van der Waals surface area contributed by atoms with E-state index < -0.39 is 9.84 Å². The molecule has 1 aliphatic heterocycles. The van der Waals surface area contributed by atoms with Gasteiger partial charge < -0.3 is 4.90 Å². The van der Waals surface area contributed by atoms with Crippen LogP contribution in [0.1, 0.15) is 13.3 Å². The first-order valence-electron chi connectivity index (χ1n) is 8.49. The minimum atomic E-state index is -3.46. The van der Waals surface area contributed by atoms with Crippen molar-refractivity contribution in [1.29, 1.82) is 0 Å². The van der Waals surface area contributed by atoms with Crippen molar-refractivity contribution < 1.29 is 8.42 Å². The smallest absolute Gasteiger partial charge is 0.206 e. The third kappa shape index (κ3) is 4.54. The summed E-state index contributed by atoms with van der Waals surface area (Å²) in [7, 11) is -3.46. The first kappa shape index (κ1) is 19.8. The molecule has 1 fully saturated rings. The van der Waals surface area contributed by atoms with E-state index in [1.165, 1.54) is 6.42 Å². The summed E-state index contributed by atoms with van der Waals surface area (Å²) in [6.45, 7) is 7.28. The van der Waals surface area contributed by atoms with Crippen molar-refractivity contribution in [2.24, 2.45) is 0 Å². The van der Waals surface area contributed by atoms with Crippen molar-refractivity contribution in [3.05, 3.63) is 54.6 Å². The number of hydrogen-bond acceptors (Lipinski definition) is 4. The summed E-state index contributed by atoms with van der Waals surface area (Å²) < 4.78 is 25.6. The van der Waals surface area contributed by atoms with E-state index in [0.717, 1.165) is 38.4 Å². The predicted octanol–water partition coefficient (Wildman–Crippen LogP) is 3.47. The van der Waals surface area contributed by atoms with Gasteiger partial charge in [-0.05, 0) is 43.3 Å². The molecule has 1 saturated heterocycles. The summed E-state index contributed by atoms with van der Waals surface area (Å²) in [4.78, 5) is 5.44. The highest BCUT2D eigenvalue weighted by molar-refractivity contribution is 7.91. The Morgan fingerprint density at radius 1 is 0.880 bits per heavy atom. The Balaban J connectivity index is 0.00000225. The average Bonchev–Trinajstić information content (AvgIpc) is 2.63. The molecule has 0 unspecified atom stereocenters. The number of rotatable bonds is 5. The molecule has 0 N–H and O–H groups in total. The highest BCUT2D eigenvalue weighted by Crippen LogP contribution is 2.25. The monoisotopic (exact) mass is 380 g/mol. The number of hydrogen-bond donors (Lipinski definition) is 0. The fourth-order valence-corrected chi connectivity index (χ4v) is 4.45. The Bertz CT molecular complexity index is 773. The van der Waals surface area contributed by atoms with Gasteiger partial charge in [-0.1, -0.05) is 31.2 Å². The average molecular weight is 381 g/mol. The SMILES string of the molecule is CCCN1CCN(c2cccc(S(=O)(=O)c3ccccc3)c2)CC1.Cl. The quantitative estimate of drug-likeness (QED) is 0.796. The van der Waals surface area contributed by atoms with Crippen LogP contribution in [0.25, 0.3) is 0 Å². The molecule has 0 aromatic heterocycles. The van der Waals surface area contributed by atoms with Crippen molar-refractivity contribution >= 4 is 27.9 Å². The van der Waals surface area contributed by atoms with E-state index >= 15 is 0 Å². The lowest BCUT2D eigenvalue weighted by Crippen LogP contribution is -2.46. The second-order valence-corrected chi connectivity index (χ2v) is 8.09. The molecule has 0 bridgehead atoms. The van der Waals surface area contributed by atoms with Gasteiger partial charge in [-0.25, -0.2) is 8.42 Å². The van der Waals surface area contributed by atoms with Gasteiger partial charge in [-0.15, -0.1) is 12.4 Å². The van der Waals surface area contributed by atoms with Gasteiger partial charge >= 0.3 is 0 Å². The van der Waals surface area contributed by atoms with Gasteiger partial charge in [0.15, 0.2) is 0 Å². The molecular weight excluding hydrogens is 356 g/mol. The summed E-state index contributed by atoms with van der Waals surface area (Å²) in [5.41, 5.74) is 0.989. The molecule has 0 atom stereocenters. The number of sulfone groups is 1. The number of benzene rings is 2. The van der Waals surface area contributed by atoms with Crippen LogP contribution in [0.3, 0.4) is 0 Å². The second-order valence-electron chi connectivity index (χ2n) is 6.14. The molecule has 25 heavy (non-hydrogen) atoms. The molecule has 0 spiro atoms. The zero-order chi connectivity index (χ0) is 17.0. The molecule has 1 aliphatic rings. The maximum absolute atomic E-state index is 12.8. The molecule has 0 saturated carbocycles. The fourth-order valence-electron chi connectivity index (χ4n) is 3.13. The van der Waals surface area contributed by atoms with Gasteiger partial charge in [0.2, 0.25) is 9.84 Å². The lowest BCUT2D eigenvalue weighted by atomic mass is 10.2. The van der Waals surface area contributed by atoms with E-state index in [4.69, 9.17) is 0 Å². The Hall–Kier alpha value is -1.56. The maximum Gasteiger partial charge on any atom is 0.206 e. The summed E-state index contributed by atoms with van der Waals surface area (Å²) in [5.74, 6) is 0. The van der Waals surface area contributed by atoms with Crippen molar-refractivity contribution in [2.75, 3.05) is 37.6 Å². The largest absolute Gasteiger partial charge is 0.369 e.